The van der Waals surface area contributed by atoms with Gasteiger partial charge in [-0.15, -0.1) is 0 Å². The standard InChI is InChI=1S/C17H24N6O/c1-12-4-3-5-19-14(12)10-13(2)20-15-11-16(22-17(18)21-15)23-6-8-24-9-7-23/h3-5,11,13H,6-10H2,1-2H3,(H3,18,20,21,22)/t13-/m0/s1. The van der Waals surface area contributed by atoms with Gasteiger partial charge in [0, 0.05) is 43.5 Å². The monoisotopic (exact) mass is 328 g/mol. The maximum absolute atomic E-state index is 5.89. The average Bonchev–Trinajstić information content (AvgIpc) is 2.57. The van der Waals surface area contributed by atoms with E-state index in [4.69, 9.17) is 10.5 Å². The molecule has 2 aromatic heterocycles. The van der Waals surface area contributed by atoms with E-state index in [2.05, 4.69) is 45.1 Å². The molecule has 3 heterocycles. The van der Waals surface area contributed by atoms with Gasteiger partial charge < -0.3 is 20.7 Å². The zero-order chi connectivity index (χ0) is 16.9. The van der Waals surface area contributed by atoms with E-state index in [1.54, 1.807) is 0 Å². The van der Waals surface area contributed by atoms with Gasteiger partial charge in [0.25, 0.3) is 0 Å². The summed E-state index contributed by atoms with van der Waals surface area (Å²) in [7, 11) is 0. The van der Waals surface area contributed by atoms with Crippen LogP contribution < -0.4 is 16.0 Å². The molecular weight excluding hydrogens is 304 g/mol. The van der Waals surface area contributed by atoms with Crippen molar-refractivity contribution < 1.29 is 4.74 Å². The second-order valence-corrected chi connectivity index (χ2v) is 6.09. The number of ether oxygens (including phenoxy) is 1. The number of nitrogen functional groups attached to an aromatic ring is 1. The van der Waals surface area contributed by atoms with Gasteiger partial charge in [-0.05, 0) is 25.5 Å². The summed E-state index contributed by atoms with van der Waals surface area (Å²) in [5, 5.41) is 3.41. The Morgan fingerprint density at radius 1 is 1.33 bits per heavy atom. The molecule has 1 aliphatic heterocycles. The Bertz CT molecular complexity index is 687. The fourth-order valence-corrected chi connectivity index (χ4v) is 2.81. The van der Waals surface area contributed by atoms with Gasteiger partial charge in [0.1, 0.15) is 11.6 Å². The van der Waals surface area contributed by atoms with E-state index in [9.17, 15) is 0 Å². The lowest BCUT2D eigenvalue weighted by Gasteiger charge is -2.28. The van der Waals surface area contributed by atoms with Gasteiger partial charge in [-0.2, -0.15) is 9.97 Å². The minimum atomic E-state index is 0.186. The summed E-state index contributed by atoms with van der Waals surface area (Å²) in [6.45, 7) is 7.25. The lowest BCUT2D eigenvalue weighted by atomic mass is 10.1. The van der Waals surface area contributed by atoms with Crippen LogP contribution in [0.1, 0.15) is 18.2 Å². The number of pyridine rings is 1. The first-order chi connectivity index (χ1) is 11.6. The van der Waals surface area contributed by atoms with Crippen molar-refractivity contribution in [3.63, 3.8) is 0 Å². The number of nitrogens with two attached hydrogens (primary N) is 1. The molecule has 7 heteroatoms. The molecule has 0 saturated carbocycles. The number of nitrogens with one attached hydrogen (secondary N) is 1. The molecule has 1 fully saturated rings. The molecule has 3 rings (SSSR count). The van der Waals surface area contributed by atoms with Crippen LogP contribution in [-0.2, 0) is 11.2 Å². The quantitative estimate of drug-likeness (QED) is 0.862. The largest absolute Gasteiger partial charge is 0.378 e. The van der Waals surface area contributed by atoms with Crippen LogP contribution >= 0.6 is 0 Å². The first kappa shape index (κ1) is 16.4. The third kappa shape index (κ3) is 4.11. The van der Waals surface area contributed by atoms with Crippen molar-refractivity contribution in [3.8, 4) is 0 Å². The van der Waals surface area contributed by atoms with Gasteiger partial charge >= 0.3 is 0 Å². The Balaban J connectivity index is 1.70. The summed E-state index contributed by atoms with van der Waals surface area (Å²) >= 11 is 0. The maximum Gasteiger partial charge on any atom is 0.223 e. The highest BCUT2D eigenvalue weighted by Crippen LogP contribution is 2.19. The Hall–Kier alpha value is -2.41. The fraction of sp³-hybridized carbons (Fsp3) is 0.471. The van der Waals surface area contributed by atoms with Gasteiger partial charge in [0.15, 0.2) is 0 Å². The normalized spacial score (nSPS) is 16.0. The van der Waals surface area contributed by atoms with Crippen LogP contribution in [0.3, 0.4) is 0 Å². The Kier molecular flexibility index (Phi) is 5.10. The van der Waals surface area contributed by atoms with Crippen LogP contribution in [0.15, 0.2) is 24.4 Å². The van der Waals surface area contributed by atoms with Gasteiger partial charge in [0.2, 0.25) is 5.95 Å². The van der Waals surface area contributed by atoms with Gasteiger partial charge in [0.05, 0.1) is 13.2 Å². The molecule has 0 unspecified atom stereocenters. The number of hydrogen-bond acceptors (Lipinski definition) is 7. The molecule has 0 aliphatic carbocycles. The van der Waals surface area contributed by atoms with Gasteiger partial charge in [-0.25, -0.2) is 0 Å². The number of hydrogen-bond donors (Lipinski definition) is 2. The van der Waals surface area contributed by atoms with Crippen molar-refractivity contribution in [1.29, 1.82) is 0 Å². The molecule has 128 valence electrons. The van der Waals surface area contributed by atoms with E-state index in [0.29, 0.717) is 13.2 Å². The van der Waals surface area contributed by atoms with Gasteiger partial charge in [-0.3, -0.25) is 4.98 Å². The van der Waals surface area contributed by atoms with Crippen molar-refractivity contribution in [1.82, 2.24) is 15.0 Å². The number of aryl methyl sites for hydroxylation is 1. The Morgan fingerprint density at radius 2 is 2.12 bits per heavy atom. The lowest BCUT2D eigenvalue weighted by Crippen LogP contribution is -2.37. The van der Waals surface area contributed by atoms with E-state index in [-0.39, 0.29) is 12.0 Å². The summed E-state index contributed by atoms with van der Waals surface area (Å²) in [5.41, 5.74) is 8.17. The van der Waals surface area contributed by atoms with E-state index >= 15 is 0 Å². The summed E-state index contributed by atoms with van der Waals surface area (Å²) in [4.78, 5) is 15.3. The Morgan fingerprint density at radius 3 is 2.88 bits per heavy atom. The zero-order valence-corrected chi connectivity index (χ0v) is 14.2. The zero-order valence-electron chi connectivity index (χ0n) is 14.2. The Labute approximate surface area is 142 Å². The average molecular weight is 328 g/mol. The topological polar surface area (TPSA) is 89.2 Å². The number of nitrogens with zero attached hydrogens (tertiary/aromatic N) is 4. The minimum absolute atomic E-state index is 0.186. The van der Waals surface area contributed by atoms with Crippen molar-refractivity contribution in [2.45, 2.75) is 26.3 Å². The smallest absolute Gasteiger partial charge is 0.223 e. The van der Waals surface area contributed by atoms with Crippen molar-refractivity contribution >= 4 is 17.6 Å². The third-order valence-corrected chi connectivity index (χ3v) is 4.08. The summed E-state index contributed by atoms with van der Waals surface area (Å²) in [5.74, 6) is 1.86. The van der Waals surface area contributed by atoms with Crippen molar-refractivity contribution in [2.24, 2.45) is 0 Å². The SMILES string of the molecule is Cc1cccnc1C[C@H](C)Nc1cc(N2CCOCC2)nc(N)n1. The maximum atomic E-state index is 5.89. The van der Waals surface area contributed by atoms with Crippen LogP contribution in [0.5, 0.6) is 0 Å². The summed E-state index contributed by atoms with van der Waals surface area (Å²) in [6, 6.07) is 6.17. The highest BCUT2D eigenvalue weighted by Gasteiger charge is 2.15. The molecule has 0 radical (unpaired) electrons. The van der Waals surface area contributed by atoms with Crippen LogP contribution in [0.4, 0.5) is 17.6 Å². The number of anilines is 3. The second kappa shape index (κ2) is 7.44. The first-order valence-electron chi connectivity index (χ1n) is 8.26. The third-order valence-electron chi connectivity index (χ3n) is 4.08. The fourth-order valence-electron chi connectivity index (χ4n) is 2.81. The number of aromatic nitrogens is 3. The molecule has 24 heavy (non-hydrogen) atoms. The highest BCUT2D eigenvalue weighted by atomic mass is 16.5. The molecule has 0 amide bonds. The predicted molar refractivity (Wildman–Crippen MR) is 95.2 cm³/mol. The lowest BCUT2D eigenvalue weighted by molar-refractivity contribution is 0.122. The van der Waals surface area contributed by atoms with E-state index in [1.165, 1.54) is 5.56 Å². The van der Waals surface area contributed by atoms with Gasteiger partial charge in [-0.1, -0.05) is 6.07 Å². The molecule has 1 aliphatic rings. The van der Waals surface area contributed by atoms with Crippen molar-refractivity contribution in [2.75, 3.05) is 42.3 Å². The molecule has 1 atom stereocenters. The second-order valence-electron chi connectivity index (χ2n) is 6.09. The first-order valence-corrected chi connectivity index (χ1v) is 8.26. The molecule has 7 nitrogen and oxygen atoms in total. The molecule has 0 bridgehead atoms. The predicted octanol–water partition coefficient (Wildman–Crippen LogP) is 1.64. The molecular formula is C17H24N6O. The van der Waals surface area contributed by atoms with E-state index < -0.39 is 0 Å². The molecule has 3 N–H and O–H groups in total. The molecule has 1 saturated heterocycles. The minimum Gasteiger partial charge on any atom is -0.378 e. The van der Waals surface area contributed by atoms with Crippen molar-refractivity contribution in [3.05, 3.63) is 35.7 Å². The van der Waals surface area contributed by atoms with Crippen LogP contribution in [0.2, 0.25) is 0 Å². The molecule has 2 aromatic rings. The summed E-state index contributed by atoms with van der Waals surface area (Å²) in [6.07, 6.45) is 2.65. The van der Waals surface area contributed by atoms with Crippen LogP contribution in [-0.4, -0.2) is 47.3 Å². The molecule has 0 spiro atoms. The van der Waals surface area contributed by atoms with E-state index in [0.717, 1.165) is 36.8 Å². The van der Waals surface area contributed by atoms with Crippen LogP contribution in [0, 0.1) is 6.92 Å². The number of rotatable bonds is 5. The molecule has 0 aromatic carbocycles. The number of morpholine rings is 1. The van der Waals surface area contributed by atoms with E-state index in [1.807, 2.05) is 18.3 Å². The highest BCUT2D eigenvalue weighted by molar-refractivity contribution is 5.53. The summed E-state index contributed by atoms with van der Waals surface area (Å²) < 4.78 is 5.38. The van der Waals surface area contributed by atoms with Crippen LogP contribution in [0.25, 0.3) is 0 Å².